The molecule has 2 N–H and O–H groups in total. The van der Waals surface area contributed by atoms with Gasteiger partial charge in [-0.05, 0) is 30.0 Å². The van der Waals surface area contributed by atoms with E-state index in [2.05, 4.69) is 19.1 Å². The van der Waals surface area contributed by atoms with Crippen LogP contribution in [0.25, 0.3) is 0 Å². The van der Waals surface area contributed by atoms with Crippen molar-refractivity contribution in [3.05, 3.63) is 41.3 Å². The molecule has 0 aliphatic heterocycles. The lowest BCUT2D eigenvalue weighted by Crippen LogP contribution is -1.75. The van der Waals surface area contributed by atoms with E-state index in [9.17, 15) is 0 Å². The van der Waals surface area contributed by atoms with Gasteiger partial charge in [0.2, 0.25) is 0 Å². The summed E-state index contributed by atoms with van der Waals surface area (Å²) in [5.74, 6) is 0. The Hall–Kier alpha value is -0.730. The molecule has 0 saturated carbocycles. The van der Waals surface area contributed by atoms with Gasteiger partial charge in [0.15, 0.2) is 6.61 Å². The third-order valence-corrected chi connectivity index (χ3v) is 2.54. The first-order valence-electron chi connectivity index (χ1n) is 3.86. The zero-order chi connectivity index (χ0) is 8.81. The predicted molar refractivity (Wildman–Crippen MR) is 54.7 cm³/mol. The molecule has 0 aliphatic carbocycles. The first-order chi connectivity index (χ1) is 5.84. The Kier molecular flexibility index (Phi) is 3.91. The van der Waals surface area contributed by atoms with E-state index in [1.807, 2.05) is 23.6 Å². The van der Waals surface area contributed by atoms with Crippen molar-refractivity contribution in [3.8, 4) is 0 Å². The number of hydrogen-bond acceptors (Lipinski definition) is 1. The van der Waals surface area contributed by atoms with Gasteiger partial charge in [-0.2, -0.15) is 0 Å². The van der Waals surface area contributed by atoms with Gasteiger partial charge < -0.3 is 5.11 Å². The van der Waals surface area contributed by atoms with Gasteiger partial charge in [-0.3, -0.25) is 0 Å². The zero-order valence-corrected chi connectivity index (χ0v) is 7.90. The maximum Gasteiger partial charge on any atom is 0.163 e. The molecular weight excluding hydrogens is 168 g/mol. The Balaban J connectivity index is 2.63. The topological polar surface area (TPSA) is 22.9 Å². The van der Waals surface area contributed by atoms with Crippen LogP contribution in [0.5, 0.6) is 0 Å². The van der Waals surface area contributed by atoms with Gasteiger partial charge in [-0.1, -0.05) is 30.0 Å². The standard InChI is InChI=1S/C10H12OS/c1-9-5-2-3-6-10(9)12-8-4-7-11/h2-6,8,11H,7H2,1H3/p+1/b8-4+. The molecule has 2 heteroatoms. The van der Waals surface area contributed by atoms with Crippen LogP contribution in [-0.2, 0) is 0 Å². The maximum atomic E-state index is 6.92. The van der Waals surface area contributed by atoms with E-state index < -0.39 is 0 Å². The minimum Gasteiger partial charge on any atom is -0.442 e. The third-order valence-electron chi connectivity index (χ3n) is 1.50. The molecule has 0 radical (unpaired) electrons. The van der Waals surface area contributed by atoms with Crippen LogP contribution in [-0.4, -0.2) is 11.7 Å². The molecule has 0 bridgehead atoms. The molecule has 0 unspecified atom stereocenters. The summed E-state index contributed by atoms with van der Waals surface area (Å²) in [6.07, 6.45) is 1.84. The predicted octanol–water partition coefficient (Wildman–Crippen LogP) is 2.33. The normalized spacial score (nSPS) is 10.8. The van der Waals surface area contributed by atoms with E-state index in [1.165, 1.54) is 10.5 Å². The molecule has 1 rings (SSSR count). The summed E-state index contributed by atoms with van der Waals surface area (Å²) in [5, 5.41) is 8.89. The van der Waals surface area contributed by atoms with Gasteiger partial charge in [0.1, 0.15) is 0 Å². The molecule has 1 nitrogen and oxygen atoms in total. The summed E-state index contributed by atoms with van der Waals surface area (Å²) >= 11 is 1.67. The Morgan fingerprint density at radius 2 is 2.17 bits per heavy atom. The van der Waals surface area contributed by atoms with Crippen LogP contribution in [0.1, 0.15) is 5.56 Å². The molecule has 1 aromatic carbocycles. The third kappa shape index (κ3) is 2.72. The van der Waals surface area contributed by atoms with E-state index in [0.717, 1.165) is 0 Å². The summed E-state index contributed by atoms with van der Waals surface area (Å²) in [7, 11) is 0. The minimum atomic E-state index is 0.360. The quantitative estimate of drug-likeness (QED) is 0.518. The summed E-state index contributed by atoms with van der Waals surface area (Å²) in [6.45, 7) is 2.45. The van der Waals surface area contributed by atoms with Crippen molar-refractivity contribution >= 4 is 11.8 Å². The second-order valence-corrected chi connectivity index (χ2v) is 3.41. The monoisotopic (exact) mass is 181 g/mol. The van der Waals surface area contributed by atoms with Crippen LogP contribution in [0.2, 0.25) is 0 Å². The molecule has 64 valence electrons. The number of hydrogen-bond donors (Lipinski definition) is 0. The second kappa shape index (κ2) is 5.01. The smallest absolute Gasteiger partial charge is 0.163 e. The van der Waals surface area contributed by atoms with E-state index >= 15 is 0 Å². The van der Waals surface area contributed by atoms with Gasteiger partial charge in [-0.15, -0.1) is 0 Å². The van der Waals surface area contributed by atoms with Crippen molar-refractivity contribution in [2.24, 2.45) is 0 Å². The first-order valence-corrected chi connectivity index (χ1v) is 4.74. The van der Waals surface area contributed by atoms with Crippen molar-refractivity contribution < 1.29 is 5.11 Å². The first kappa shape index (κ1) is 9.36. The van der Waals surface area contributed by atoms with Crippen molar-refractivity contribution in [1.82, 2.24) is 0 Å². The van der Waals surface area contributed by atoms with E-state index in [1.54, 1.807) is 11.8 Å². The molecule has 0 heterocycles. The average molecular weight is 181 g/mol. The SMILES string of the molecule is Cc1ccccc1S/C=C/C[OH2+]. The molecule has 0 spiro atoms. The molecule has 0 amide bonds. The van der Waals surface area contributed by atoms with Crippen LogP contribution in [0.4, 0.5) is 0 Å². The molecule has 12 heavy (non-hydrogen) atoms. The van der Waals surface area contributed by atoms with Crippen molar-refractivity contribution in [3.63, 3.8) is 0 Å². The fraction of sp³-hybridized carbons (Fsp3) is 0.200. The van der Waals surface area contributed by atoms with Gasteiger partial charge in [0.05, 0.1) is 0 Å². The molecule has 0 atom stereocenters. The number of aryl methyl sites for hydroxylation is 1. The van der Waals surface area contributed by atoms with Gasteiger partial charge in [0, 0.05) is 4.90 Å². The lowest BCUT2D eigenvalue weighted by molar-refractivity contribution is 0.343. The van der Waals surface area contributed by atoms with Crippen molar-refractivity contribution in [2.45, 2.75) is 11.8 Å². The van der Waals surface area contributed by atoms with Gasteiger partial charge in [-0.25, -0.2) is 0 Å². The molecular formula is C10H13OS+. The Bertz CT molecular complexity index is 268. The number of benzene rings is 1. The van der Waals surface area contributed by atoms with Gasteiger partial charge >= 0.3 is 0 Å². The van der Waals surface area contributed by atoms with E-state index in [0.29, 0.717) is 6.61 Å². The van der Waals surface area contributed by atoms with E-state index in [4.69, 9.17) is 5.11 Å². The lowest BCUT2D eigenvalue weighted by Gasteiger charge is -1.99. The van der Waals surface area contributed by atoms with Crippen molar-refractivity contribution in [1.29, 1.82) is 0 Å². The fourth-order valence-electron chi connectivity index (χ4n) is 0.858. The summed E-state index contributed by atoms with van der Waals surface area (Å²) in [6, 6.07) is 8.25. The molecule has 0 aliphatic rings. The lowest BCUT2D eigenvalue weighted by atomic mass is 10.2. The Morgan fingerprint density at radius 3 is 2.83 bits per heavy atom. The number of thioether (sulfide) groups is 1. The van der Waals surface area contributed by atoms with Crippen LogP contribution < -0.4 is 0 Å². The van der Waals surface area contributed by atoms with E-state index in [-0.39, 0.29) is 0 Å². The fourth-order valence-corrected chi connectivity index (χ4v) is 1.61. The highest BCUT2D eigenvalue weighted by atomic mass is 32.2. The molecule has 0 aromatic heterocycles. The molecule has 0 fully saturated rings. The maximum absolute atomic E-state index is 6.92. The summed E-state index contributed by atoms with van der Waals surface area (Å²) in [5.41, 5.74) is 1.29. The Labute approximate surface area is 77.1 Å². The zero-order valence-electron chi connectivity index (χ0n) is 7.08. The summed E-state index contributed by atoms with van der Waals surface area (Å²) in [4.78, 5) is 1.27. The average Bonchev–Trinajstić information content (AvgIpc) is 2.09. The second-order valence-electron chi connectivity index (χ2n) is 2.46. The highest BCUT2D eigenvalue weighted by Gasteiger charge is 1.92. The molecule has 0 saturated heterocycles. The van der Waals surface area contributed by atoms with Crippen LogP contribution in [0, 0.1) is 6.92 Å². The van der Waals surface area contributed by atoms with Crippen LogP contribution in [0.15, 0.2) is 40.6 Å². The van der Waals surface area contributed by atoms with Crippen LogP contribution >= 0.6 is 11.8 Å². The Morgan fingerprint density at radius 1 is 1.42 bits per heavy atom. The molecule has 1 aromatic rings. The highest BCUT2D eigenvalue weighted by molar-refractivity contribution is 8.02. The number of rotatable bonds is 3. The summed E-state index contributed by atoms with van der Waals surface area (Å²) < 4.78 is 0. The van der Waals surface area contributed by atoms with Crippen molar-refractivity contribution in [2.75, 3.05) is 6.61 Å². The van der Waals surface area contributed by atoms with Gasteiger partial charge in [0.25, 0.3) is 0 Å². The minimum absolute atomic E-state index is 0.360. The largest absolute Gasteiger partial charge is 0.442 e. The van der Waals surface area contributed by atoms with Crippen LogP contribution in [0.3, 0.4) is 0 Å². The highest BCUT2D eigenvalue weighted by Crippen LogP contribution is 2.22.